The van der Waals surface area contributed by atoms with E-state index in [2.05, 4.69) is 35.8 Å². The van der Waals surface area contributed by atoms with Crippen molar-refractivity contribution >= 4 is 5.96 Å². The summed E-state index contributed by atoms with van der Waals surface area (Å²) in [5, 5.41) is 16.8. The molecule has 0 amide bonds. The number of benzene rings is 1. The van der Waals surface area contributed by atoms with Crippen LogP contribution in [0.15, 0.2) is 23.2 Å². The summed E-state index contributed by atoms with van der Waals surface area (Å²) in [7, 11) is 0. The van der Waals surface area contributed by atoms with Crippen LogP contribution in [0.1, 0.15) is 63.9 Å². The Bertz CT molecular complexity index is 707. The molecule has 6 nitrogen and oxygen atoms in total. The normalized spacial score (nSPS) is 26.2. The second-order valence-corrected chi connectivity index (χ2v) is 8.69. The van der Waals surface area contributed by atoms with Crippen LogP contribution < -0.4 is 20.1 Å². The Labute approximate surface area is 174 Å². The molecule has 0 atom stereocenters. The van der Waals surface area contributed by atoms with Gasteiger partial charge in [0, 0.05) is 18.0 Å². The number of hydrogen-bond acceptors (Lipinski definition) is 4. The Balaban J connectivity index is 1.50. The fraction of sp³-hybridized carbons (Fsp3) is 0.696. The van der Waals surface area contributed by atoms with Gasteiger partial charge >= 0.3 is 0 Å². The first-order valence-corrected chi connectivity index (χ1v) is 11.3. The van der Waals surface area contributed by atoms with E-state index in [0.717, 1.165) is 69.1 Å². The Morgan fingerprint density at radius 3 is 2.55 bits per heavy atom. The average Bonchev–Trinajstić information content (AvgIpc) is 3.24. The molecule has 1 heterocycles. The Kier molecular flexibility index (Phi) is 6.48. The fourth-order valence-corrected chi connectivity index (χ4v) is 4.93. The van der Waals surface area contributed by atoms with Gasteiger partial charge in [0.2, 0.25) is 0 Å². The third kappa shape index (κ3) is 4.80. The number of nitrogens with zero attached hydrogens (tertiary/aromatic N) is 1. The summed E-state index contributed by atoms with van der Waals surface area (Å²) < 4.78 is 11.5. The van der Waals surface area contributed by atoms with Crippen LogP contribution in [0.2, 0.25) is 0 Å². The van der Waals surface area contributed by atoms with E-state index in [4.69, 9.17) is 14.5 Å². The molecule has 1 aromatic rings. The second-order valence-electron chi connectivity index (χ2n) is 8.69. The van der Waals surface area contributed by atoms with Crippen LogP contribution in [0.25, 0.3) is 0 Å². The van der Waals surface area contributed by atoms with Gasteiger partial charge in [0.05, 0.1) is 12.6 Å². The molecule has 1 aromatic carbocycles. The Morgan fingerprint density at radius 2 is 1.83 bits per heavy atom. The minimum Gasteiger partial charge on any atom is -0.486 e. The molecule has 2 fully saturated rings. The summed E-state index contributed by atoms with van der Waals surface area (Å²) in [6.07, 6.45) is 8.41. The molecule has 2 aliphatic carbocycles. The predicted molar refractivity (Wildman–Crippen MR) is 115 cm³/mol. The van der Waals surface area contributed by atoms with Crippen LogP contribution in [0.4, 0.5) is 0 Å². The van der Waals surface area contributed by atoms with Crippen molar-refractivity contribution in [2.24, 2.45) is 4.99 Å². The number of ether oxygens (including phenoxy) is 2. The monoisotopic (exact) mass is 401 g/mol. The molecule has 3 aliphatic rings. The molecule has 1 aliphatic heterocycles. The molecule has 4 rings (SSSR count). The quantitative estimate of drug-likeness (QED) is 0.522. The number of aliphatic hydroxyl groups excluding tert-OH is 1. The summed E-state index contributed by atoms with van der Waals surface area (Å²) in [5.41, 5.74) is 1.39. The zero-order valence-electron chi connectivity index (χ0n) is 17.6. The molecule has 0 bridgehead atoms. The van der Waals surface area contributed by atoms with Gasteiger partial charge in [-0.25, -0.2) is 0 Å². The van der Waals surface area contributed by atoms with Crippen LogP contribution in [-0.2, 0) is 5.41 Å². The van der Waals surface area contributed by atoms with E-state index in [0.29, 0.717) is 19.3 Å². The number of guanidine groups is 1. The third-order valence-electron chi connectivity index (χ3n) is 6.64. The molecule has 0 aromatic heterocycles. The molecule has 0 radical (unpaired) electrons. The highest BCUT2D eigenvalue weighted by atomic mass is 16.6. The van der Waals surface area contributed by atoms with Gasteiger partial charge in [-0.05, 0) is 63.1 Å². The molecular weight excluding hydrogens is 366 g/mol. The maximum atomic E-state index is 9.76. The molecule has 29 heavy (non-hydrogen) atoms. The zero-order valence-corrected chi connectivity index (χ0v) is 17.6. The first kappa shape index (κ1) is 20.3. The lowest BCUT2D eigenvalue weighted by atomic mass is 9.79. The minimum atomic E-state index is -0.135. The predicted octanol–water partition coefficient (Wildman–Crippen LogP) is 3.13. The van der Waals surface area contributed by atoms with Crippen molar-refractivity contribution in [2.45, 2.75) is 75.9 Å². The van der Waals surface area contributed by atoms with E-state index < -0.39 is 0 Å². The summed E-state index contributed by atoms with van der Waals surface area (Å²) in [6.45, 7) is 4.97. The first-order chi connectivity index (χ1) is 14.2. The largest absolute Gasteiger partial charge is 0.486 e. The SMILES string of the molecule is CCNC(=NCC1(c2ccc3c(c2)OCCO3)CCCC1)NC1CCC(O)CC1. The maximum Gasteiger partial charge on any atom is 0.191 e. The molecule has 160 valence electrons. The van der Waals surface area contributed by atoms with Gasteiger partial charge in [-0.15, -0.1) is 0 Å². The van der Waals surface area contributed by atoms with Gasteiger partial charge < -0.3 is 25.2 Å². The Morgan fingerprint density at radius 1 is 1.10 bits per heavy atom. The first-order valence-electron chi connectivity index (χ1n) is 11.3. The number of hydrogen-bond donors (Lipinski definition) is 3. The molecule has 0 spiro atoms. The number of aliphatic imine (C=N–C) groups is 1. The van der Waals surface area contributed by atoms with Crippen LogP contribution >= 0.6 is 0 Å². The van der Waals surface area contributed by atoms with E-state index >= 15 is 0 Å². The lowest BCUT2D eigenvalue weighted by Crippen LogP contribution is -2.46. The van der Waals surface area contributed by atoms with Crippen LogP contribution in [-0.4, -0.2) is 49.5 Å². The van der Waals surface area contributed by atoms with Crippen LogP contribution in [0, 0.1) is 0 Å². The number of aliphatic hydroxyl groups is 1. The number of fused-ring (bicyclic) bond motifs is 1. The van der Waals surface area contributed by atoms with Crippen LogP contribution in [0.3, 0.4) is 0 Å². The standard InChI is InChI=1S/C23H35N3O3/c1-2-24-22(26-18-6-8-19(27)9-7-18)25-16-23(11-3-4-12-23)17-5-10-20-21(15-17)29-14-13-28-20/h5,10,15,18-19,27H,2-4,6-9,11-14,16H2,1H3,(H2,24,25,26). The fourth-order valence-electron chi connectivity index (χ4n) is 4.93. The highest BCUT2D eigenvalue weighted by molar-refractivity contribution is 5.80. The van der Waals surface area contributed by atoms with E-state index in [1.807, 2.05) is 0 Å². The molecule has 6 heteroatoms. The summed E-state index contributed by atoms with van der Waals surface area (Å²) in [6, 6.07) is 6.84. The average molecular weight is 402 g/mol. The third-order valence-corrected chi connectivity index (χ3v) is 6.64. The number of rotatable bonds is 5. The van der Waals surface area contributed by atoms with Gasteiger partial charge in [-0.2, -0.15) is 0 Å². The van der Waals surface area contributed by atoms with Gasteiger partial charge in [0.15, 0.2) is 17.5 Å². The molecule has 0 saturated heterocycles. The Hall–Kier alpha value is -1.95. The second kappa shape index (κ2) is 9.24. The maximum absolute atomic E-state index is 9.76. The van der Waals surface area contributed by atoms with Crippen LogP contribution in [0.5, 0.6) is 11.5 Å². The highest BCUT2D eigenvalue weighted by Crippen LogP contribution is 2.44. The van der Waals surface area contributed by atoms with Gasteiger partial charge in [0.1, 0.15) is 13.2 Å². The molecule has 0 unspecified atom stereocenters. The molecule has 3 N–H and O–H groups in total. The lowest BCUT2D eigenvalue weighted by Gasteiger charge is -2.31. The van der Waals surface area contributed by atoms with Gasteiger partial charge in [-0.1, -0.05) is 18.9 Å². The summed E-state index contributed by atoms with van der Waals surface area (Å²) in [5.74, 6) is 2.62. The van der Waals surface area contributed by atoms with E-state index in [-0.39, 0.29) is 11.5 Å². The molecule has 2 saturated carbocycles. The topological polar surface area (TPSA) is 75.1 Å². The van der Waals surface area contributed by atoms with Crippen molar-refractivity contribution in [3.05, 3.63) is 23.8 Å². The minimum absolute atomic E-state index is 0.0704. The molecular formula is C23H35N3O3. The smallest absolute Gasteiger partial charge is 0.191 e. The summed E-state index contributed by atoms with van der Waals surface area (Å²) in [4.78, 5) is 5.03. The lowest BCUT2D eigenvalue weighted by molar-refractivity contribution is 0.120. The van der Waals surface area contributed by atoms with Crippen molar-refractivity contribution in [3.8, 4) is 11.5 Å². The van der Waals surface area contributed by atoms with Crippen molar-refractivity contribution in [3.63, 3.8) is 0 Å². The van der Waals surface area contributed by atoms with Crippen molar-refractivity contribution in [1.82, 2.24) is 10.6 Å². The van der Waals surface area contributed by atoms with Gasteiger partial charge in [-0.3, -0.25) is 4.99 Å². The van der Waals surface area contributed by atoms with Gasteiger partial charge in [0.25, 0.3) is 0 Å². The van der Waals surface area contributed by atoms with Crippen molar-refractivity contribution in [2.75, 3.05) is 26.3 Å². The highest BCUT2D eigenvalue weighted by Gasteiger charge is 2.36. The van der Waals surface area contributed by atoms with E-state index in [9.17, 15) is 5.11 Å². The van der Waals surface area contributed by atoms with Crippen molar-refractivity contribution in [1.29, 1.82) is 0 Å². The van der Waals surface area contributed by atoms with E-state index in [1.165, 1.54) is 18.4 Å². The number of nitrogens with one attached hydrogen (secondary N) is 2. The zero-order chi connectivity index (χ0) is 20.1. The summed E-state index contributed by atoms with van der Waals surface area (Å²) >= 11 is 0. The van der Waals surface area contributed by atoms with E-state index in [1.54, 1.807) is 0 Å². The van der Waals surface area contributed by atoms with Crippen molar-refractivity contribution < 1.29 is 14.6 Å².